The first-order chi connectivity index (χ1) is 11.8. The molecule has 0 spiro atoms. The molecule has 0 unspecified atom stereocenters. The number of nitrogens with one attached hydrogen (secondary N) is 1. The van der Waals surface area contributed by atoms with Crippen molar-refractivity contribution in [3.05, 3.63) is 42.5 Å². The Kier molecular flexibility index (Phi) is 5.43. The summed E-state index contributed by atoms with van der Waals surface area (Å²) >= 11 is 1.66. The van der Waals surface area contributed by atoms with Gasteiger partial charge in [0.05, 0.1) is 13.4 Å². The summed E-state index contributed by atoms with van der Waals surface area (Å²) in [4.78, 5) is 27.7. The molecule has 1 N–H and O–H groups in total. The van der Waals surface area contributed by atoms with Crippen LogP contribution in [0.15, 0.2) is 41.9 Å². The third-order valence-corrected chi connectivity index (χ3v) is 4.71. The van der Waals surface area contributed by atoms with E-state index < -0.39 is 0 Å². The molecule has 3 aromatic rings. The fourth-order valence-electron chi connectivity index (χ4n) is 2.33. The number of rotatable bonds is 8. The average molecular weight is 342 g/mol. The quantitative estimate of drug-likeness (QED) is 0.292. The molecule has 0 saturated heterocycles. The second-order valence-electron chi connectivity index (χ2n) is 5.24. The lowest BCUT2D eigenvalue weighted by Gasteiger charge is -2.04. The zero-order chi connectivity index (χ0) is 16.8. The van der Waals surface area contributed by atoms with Gasteiger partial charge in [0.1, 0.15) is 22.6 Å². The number of methoxy groups -OCH3 is 1. The minimum atomic E-state index is 0.167. The number of carbonyl (C=O) groups excluding carboxylic acids is 1. The molecule has 3 rings (SSSR count). The molecule has 0 radical (unpaired) electrons. The van der Waals surface area contributed by atoms with E-state index in [1.165, 1.54) is 6.33 Å². The molecule has 0 fully saturated rings. The van der Waals surface area contributed by atoms with Gasteiger partial charge in [-0.05, 0) is 42.9 Å². The predicted molar refractivity (Wildman–Crippen MR) is 93.6 cm³/mol. The number of carbonyl (C=O) groups is 1. The van der Waals surface area contributed by atoms with E-state index in [0.717, 1.165) is 40.5 Å². The number of ketones is 1. The molecule has 0 aliphatic carbocycles. The molecule has 2 heterocycles. The topological polar surface area (TPSA) is 80.8 Å². The van der Waals surface area contributed by atoms with Crippen molar-refractivity contribution >= 4 is 28.7 Å². The summed E-state index contributed by atoms with van der Waals surface area (Å²) in [5.41, 5.74) is 2.29. The molecule has 6 nitrogen and oxygen atoms in total. The van der Waals surface area contributed by atoms with Gasteiger partial charge >= 0.3 is 0 Å². The number of Topliss-reactive ketones (excluding diaryl/α,β-unsaturated/α-hetero) is 1. The van der Waals surface area contributed by atoms with Crippen molar-refractivity contribution in [3.63, 3.8) is 0 Å². The third kappa shape index (κ3) is 3.91. The minimum absolute atomic E-state index is 0.167. The molecule has 0 aliphatic rings. The summed E-state index contributed by atoms with van der Waals surface area (Å²) in [7, 11) is 1.61. The Bertz CT molecular complexity index is 817. The van der Waals surface area contributed by atoms with Crippen molar-refractivity contribution in [2.24, 2.45) is 0 Å². The van der Waals surface area contributed by atoms with Crippen LogP contribution in [0.5, 0.6) is 5.75 Å². The fourth-order valence-corrected chi connectivity index (χ4v) is 3.29. The van der Waals surface area contributed by atoms with Crippen molar-refractivity contribution < 1.29 is 9.53 Å². The first-order valence-corrected chi connectivity index (χ1v) is 8.70. The van der Waals surface area contributed by atoms with Gasteiger partial charge in [-0.15, -0.1) is 11.8 Å². The molecular formula is C17H18N4O2S. The number of unbranched alkanes of at least 4 members (excludes halogenated alkanes) is 1. The second kappa shape index (κ2) is 7.92. The van der Waals surface area contributed by atoms with Crippen molar-refractivity contribution in [2.45, 2.75) is 24.3 Å². The maximum Gasteiger partial charge on any atom is 0.181 e. The molecule has 124 valence electrons. The van der Waals surface area contributed by atoms with Crippen LogP contribution in [0.2, 0.25) is 0 Å². The van der Waals surface area contributed by atoms with Gasteiger partial charge < -0.3 is 9.72 Å². The van der Waals surface area contributed by atoms with Crippen LogP contribution in [0.4, 0.5) is 0 Å². The Hall–Kier alpha value is -2.41. The Labute approximate surface area is 144 Å². The Morgan fingerprint density at radius 3 is 2.79 bits per heavy atom. The van der Waals surface area contributed by atoms with Crippen molar-refractivity contribution in [2.75, 3.05) is 12.9 Å². The first-order valence-electron chi connectivity index (χ1n) is 7.72. The number of aromatic nitrogens is 4. The van der Waals surface area contributed by atoms with Gasteiger partial charge in [0.2, 0.25) is 0 Å². The van der Waals surface area contributed by atoms with E-state index in [1.807, 2.05) is 24.3 Å². The predicted octanol–water partition coefficient (Wildman–Crippen LogP) is 3.51. The van der Waals surface area contributed by atoms with E-state index in [2.05, 4.69) is 19.9 Å². The van der Waals surface area contributed by atoms with Crippen LogP contribution in [0.1, 0.15) is 29.6 Å². The molecule has 7 heteroatoms. The van der Waals surface area contributed by atoms with Crippen molar-refractivity contribution in [3.8, 4) is 5.75 Å². The normalized spacial score (nSPS) is 10.9. The van der Waals surface area contributed by atoms with E-state index in [1.54, 1.807) is 25.2 Å². The Morgan fingerprint density at radius 1 is 1.17 bits per heavy atom. The molecule has 24 heavy (non-hydrogen) atoms. The van der Waals surface area contributed by atoms with Crippen LogP contribution in [0.3, 0.4) is 0 Å². The maximum atomic E-state index is 12.1. The van der Waals surface area contributed by atoms with Crippen LogP contribution in [0.25, 0.3) is 11.2 Å². The third-order valence-electron chi connectivity index (χ3n) is 3.64. The summed E-state index contributed by atoms with van der Waals surface area (Å²) < 4.78 is 5.10. The average Bonchev–Trinajstić information content (AvgIpc) is 3.11. The van der Waals surface area contributed by atoms with Gasteiger partial charge in [0.25, 0.3) is 0 Å². The summed E-state index contributed by atoms with van der Waals surface area (Å²) in [5, 5.41) is 0.902. The Morgan fingerprint density at radius 2 is 2.00 bits per heavy atom. The fraction of sp³-hybridized carbons (Fsp3) is 0.294. The highest BCUT2D eigenvalue weighted by Crippen LogP contribution is 2.23. The number of imidazole rings is 1. The lowest BCUT2D eigenvalue weighted by Crippen LogP contribution is -1.99. The summed E-state index contributed by atoms with van der Waals surface area (Å²) in [6.07, 6.45) is 5.51. The number of hydrogen-bond acceptors (Lipinski definition) is 6. The van der Waals surface area contributed by atoms with Crippen LogP contribution >= 0.6 is 11.8 Å². The SMILES string of the molecule is COc1ccc(C(=O)CCCCSc2ncnc3nc[nH]c23)cc1. The molecule has 0 amide bonds. The number of aromatic amines is 1. The molecule has 2 aromatic heterocycles. The summed E-state index contributed by atoms with van der Waals surface area (Å²) in [6, 6.07) is 7.25. The number of fused-ring (bicyclic) bond motifs is 1. The van der Waals surface area contributed by atoms with Crippen molar-refractivity contribution in [1.29, 1.82) is 0 Å². The van der Waals surface area contributed by atoms with Crippen LogP contribution < -0.4 is 4.74 Å². The molecule has 0 saturated carbocycles. The number of nitrogens with zero attached hydrogens (tertiary/aromatic N) is 3. The van der Waals surface area contributed by atoms with Gasteiger partial charge in [-0.25, -0.2) is 15.0 Å². The summed E-state index contributed by atoms with van der Waals surface area (Å²) in [6.45, 7) is 0. The van der Waals surface area contributed by atoms with Gasteiger partial charge in [-0.2, -0.15) is 0 Å². The van der Waals surface area contributed by atoms with E-state index >= 15 is 0 Å². The number of thioether (sulfide) groups is 1. The highest BCUT2D eigenvalue weighted by atomic mass is 32.2. The lowest BCUT2D eigenvalue weighted by molar-refractivity contribution is 0.0980. The van der Waals surface area contributed by atoms with Crippen LogP contribution in [-0.2, 0) is 0 Å². The smallest absolute Gasteiger partial charge is 0.181 e. The number of ether oxygens (including phenoxy) is 1. The van der Waals surface area contributed by atoms with Crippen LogP contribution in [0, 0.1) is 0 Å². The molecular weight excluding hydrogens is 324 g/mol. The summed E-state index contributed by atoms with van der Waals surface area (Å²) in [5.74, 6) is 1.83. The van der Waals surface area contributed by atoms with Crippen LogP contribution in [-0.4, -0.2) is 38.6 Å². The van der Waals surface area contributed by atoms with Gasteiger partial charge in [-0.1, -0.05) is 0 Å². The van der Waals surface area contributed by atoms with Crippen molar-refractivity contribution in [1.82, 2.24) is 19.9 Å². The molecule has 0 bridgehead atoms. The molecule has 0 aliphatic heterocycles. The molecule has 0 atom stereocenters. The standard InChI is InChI=1S/C17H18N4O2S/c1-23-13-7-5-12(6-8-13)14(22)4-2-3-9-24-17-15-16(19-10-18-15)20-11-21-17/h5-8,10-11H,2-4,9H2,1H3,(H,18,19,20,21). The van der Waals surface area contributed by atoms with Gasteiger partial charge in [0.15, 0.2) is 11.4 Å². The zero-order valence-electron chi connectivity index (χ0n) is 13.4. The zero-order valence-corrected chi connectivity index (χ0v) is 14.2. The van der Waals surface area contributed by atoms with E-state index in [0.29, 0.717) is 12.1 Å². The Balaban J connectivity index is 1.43. The lowest BCUT2D eigenvalue weighted by atomic mass is 10.1. The van der Waals surface area contributed by atoms with Gasteiger partial charge in [0, 0.05) is 12.0 Å². The number of hydrogen-bond donors (Lipinski definition) is 1. The minimum Gasteiger partial charge on any atom is -0.497 e. The molecule has 1 aromatic carbocycles. The highest BCUT2D eigenvalue weighted by Gasteiger charge is 2.08. The van der Waals surface area contributed by atoms with E-state index in [4.69, 9.17) is 4.74 Å². The number of benzene rings is 1. The largest absolute Gasteiger partial charge is 0.497 e. The van der Waals surface area contributed by atoms with E-state index in [-0.39, 0.29) is 5.78 Å². The van der Waals surface area contributed by atoms with E-state index in [9.17, 15) is 4.79 Å². The monoisotopic (exact) mass is 342 g/mol. The van der Waals surface area contributed by atoms with Gasteiger partial charge in [-0.3, -0.25) is 4.79 Å². The second-order valence-corrected chi connectivity index (χ2v) is 6.32. The first kappa shape index (κ1) is 16.4. The maximum absolute atomic E-state index is 12.1. The number of H-pyrrole nitrogens is 1. The highest BCUT2D eigenvalue weighted by molar-refractivity contribution is 7.99.